The first kappa shape index (κ1) is 14.9. The lowest BCUT2D eigenvalue weighted by molar-refractivity contribution is -0.132. The molecular formula is C11H23N3O2. The maximum atomic E-state index is 11.7. The molecule has 0 aromatic rings. The van der Waals surface area contributed by atoms with Gasteiger partial charge in [-0.1, -0.05) is 27.7 Å². The van der Waals surface area contributed by atoms with Crippen molar-refractivity contribution in [1.82, 2.24) is 5.32 Å². The average molecular weight is 229 g/mol. The van der Waals surface area contributed by atoms with Crippen LogP contribution in [0, 0.1) is 11.3 Å². The number of nitrogens with two attached hydrogens (primary N) is 2. The van der Waals surface area contributed by atoms with Crippen LogP contribution in [0.15, 0.2) is 0 Å². The van der Waals surface area contributed by atoms with Crippen LogP contribution in [0.2, 0.25) is 0 Å². The molecule has 0 heterocycles. The highest BCUT2D eigenvalue weighted by molar-refractivity contribution is 5.88. The van der Waals surface area contributed by atoms with Gasteiger partial charge in [0.2, 0.25) is 11.8 Å². The van der Waals surface area contributed by atoms with Crippen LogP contribution >= 0.6 is 0 Å². The SMILES string of the molecule is CC(N)C(C)C(=O)NC(C(N)=O)C(C)(C)C. The van der Waals surface area contributed by atoms with Crippen molar-refractivity contribution in [2.24, 2.45) is 22.8 Å². The monoisotopic (exact) mass is 229 g/mol. The van der Waals surface area contributed by atoms with Crippen molar-refractivity contribution in [2.75, 3.05) is 0 Å². The van der Waals surface area contributed by atoms with Crippen LogP contribution in [0.5, 0.6) is 0 Å². The van der Waals surface area contributed by atoms with Gasteiger partial charge < -0.3 is 16.8 Å². The van der Waals surface area contributed by atoms with Crippen LogP contribution in [0.1, 0.15) is 34.6 Å². The minimum absolute atomic E-state index is 0.242. The molecule has 0 aromatic carbocycles. The Kier molecular flexibility index (Phi) is 4.93. The van der Waals surface area contributed by atoms with Gasteiger partial charge in [-0.2, -0.15) is 0 Å². The molecule has 0 bridgehead atoms. The van der Waals surface area contributed by atoms with Crippen molar-refractivity contribution in [3.8, 4) is 0 Å². The summed E-state index contributed by atoms with van der Waals surface area (Å²) in [6, 6.07) is -0.935. The van der Waals surface area contributed by atoms with Crippen molar-refractivity contribution in [3.63, 3.8) is 0 Å². The normalized spacial score (nSPS) is 17.4. The van der Waals surface area contributed by atoms with E-state index in [0.29, 0.717) is 0 Å². The van der Waals surface area contributed by atoms with Crippen LogP contribution in [-0.2, 0) is 9.59 Å². The number of hydrogen-bond acceptors (Lipinski definition) is 3. The second-order valence-electron chi connectivity index (χ2n) is 5.36. The summed E-state index contributed by atoms with van der Waals surface area (Å²) in [6.45, 7) is 9.01. The Morgan fingerprint density at radius 1 is 1.19 bits per heavy atom. The molecular weight excluding hydrogens is 206 g/mol. The highest BCUT2D eigenvalue weighted by Crippen LogP contribution is 2.19. The van der Waals surface area contributed by atoms with Crippen LogP contribution < -0.4 is 16.8 Å². The Hall–Kier alpha value is -1.10. The van der Waals surface area contributed by atoms with Crippen molar-refractivity contribution in [1.29, 1.82) is 0 Å². The largest absolute Gasteiger partial charge is 0.368 e. The quantitative estimate of drug-likeness (QED) is 0.632. The van der Waals surface area contributed by atoms with Gasteiger partial charge in [0.05, 0.1) is 0 Å². The van der Waals surface area contributed by atoms with Gasteiger partial charge in [-0.3, -0.25) is 9.59 Å². The summed E-state index contributed by atoms with van der Waals surface area (Å²) in [6.07, 6.45) is 0. The summed E-state index contributed by atoms with van der Waals surface area (Å²) < 4.78 is 0. The van der Waals surface area contributed by atoms with Gasteiger partial charge in [-0.25, -0.2) is 0 Å². The summed E-state index contributed by atoms with van der Waals surface area (Å²) in [7, 11) is 0. The standard InChI is InChI=1S/C11H23N3O2/c1-6(7(2)12)10(16)14-8(9(13)15)11(3,4)5/h6-8H,12H2,1-5H3,(H2,13,15)(H,14,16). The smallest absolute Gasteiger partial charge is 0.240 e. The van der Waals surface area contributed by atoms with E-state index in [1.165, 1.54) is 0 Å². The lowest BCUT2D eigenvalue weighted by atomic mass is 9.85. The van der Waals surface area contributed by atoms with E-state index in [9.17, 15) is 9.59 Å². The van der Waals surface area contributed by atoms with Gasteiger partial charge in [0.1, 0.15) is 6.04 Å². The van der Waals surface area contributed by atoms with Crippen LogP contribution in [0.4, 0.5) is 0 Å². The molecule has 0 aromatic heterocycles. The molecule has 3 atom stereocenters. The Bertz CT molecular complexity index is 269. The zero-order valence-electron chi connectivity index (χ0n) is 10.7. The fraction of sp³-hybridized carbons (Fsp3) is 0.818. The van der Waals surface area contributed by atoms with Crippen LogP contribution in [0.3, 0.4) is 0 Å². The molecule has 0 rings (SSSR count). The molecule has 2 amide bonds. The number of rotatable bonds is 4. The van der Waals surface area contributed by atoms with E-state index in [-0.39, 0.29) is 17.9 Å². The minimum Gasteiger partial charge on any atom is -0.368 e. The highest BCUT2D eigenvalue weighted by Gasteiger charge is 2.32. The van der Waals surface area contributed by atoms with Crippen molar-refractivity contribution in [2.45, 2.75) is 46.7 Å². The van der Waals surface area contributed by atoms with E-state index in [1.807, 2.05) is 20.8 Å². The first-order valence-electron chi connectivity index (χ1n) is 5.42. The van der Waals surface area contributed by atoms with E-state index >= 15 is 0 Å². The predicted molar refractivity (Wildman–Crippen MR) is 63.4 cm³/mol. The summed E-state index contributed by atoms with van der Waals surface area (Å²) >= 11 is 0. The summed E-state index contributed by atoms with van der Waals surface area (Å²) in [5.74, 6) is -1.12. The van der Waals surface area contributed by atoms with Crippen molar-refractivity contribution in [3.05, 3.63) is 0 Å². The molecule has 3 unspecified atom stereocenters. The Morgan fingerprint density at radius 3 is 1.88 bits per heavy atom. The maximum Gasteiger partial charge on any atom is 0.240 e. The number of primary amides is 1. The van der Waals surface area contributed by atoms with Gasteiger partial charge in [0, 0.05) is 12.0 Å². The minimum atomic E-state index is -0.679. The Balaban J connectivity index is 4.67. The lowest BCUT2D eigenvalue weighted by Gasteiger charge is -2.30. The fourth-order valence-electron chi connectivity index (χ4n) is 1.23. The van der Waals surface area contributed by atoms with E-state index < -0.39 is 17.4 Å². The Morgan fingerprint density at radius 2 is 1.62 bits per heavy atom. The number of carbonyl (C=O) groups excluding carboxylic acids is 2. The Labute approximate surface area is 96.9 Å². The van der Waals surface area contributed by atoms with E-state index in [0.717, 1.165) is 0 Å². The average Bonchev–Trinajstić information content (AvgIpc) is 2.09. The molecule has 0 radical (unpaired) electrons. The molecule has 0 saturated heterocycles. The van der Waals surface area contributed by atoms with Gasteiger partial charge in [0.25, 0.3) is 0 Å². The van der Waals surface area contributed by atoms with Gasteiger partial charge in [0.15, 0.2) is 0 Å². The van der Waals surface area contributed by atoms with Crippen LogP contribution in [-0.4, -0.2) is 23.9 Å². The number of nitrogens with one attached hydrogen (secondary N) is 1. The fourth-order valence-corrected chi connectivity index (χ4v) is 1.23. The molecule has 0 spiro atoms. The summed E-state index contributed by atoms with van der Waals surface area (Å²) in [4.78, 5) is 23.0. The number of hydrogen-bond donors (Lipinski definition) is 3. The molecule has 0 aliphatic carbocycles. The second kappa shape index (κ2) is 5.30. The summed E-state index contributed by atoms with van der Waals surface area (Å²) in [5.41, 5.74) is 10.5. The molecule has 5 N–H and O–H groups in total. The topological polar surface area (TPSA) is 98.2 Å². The van der Waals surface area contributed by atoms with Crippen molar-refractivity contribution >= 4 is 11.8 Å². The molecule has 0 saturated carbocycles. The summed E-state index contributed by atoms with van der Waals surface area (Å²) in [5, 5.41) is 2.64. The molecule has 0 aliphatic rings. The third-order valence-corrected chi connectivity index (χ3v) is 2.64. The molecule has 5 heteroatoms. The number of amides is 2. The molecule has 5 nitrogen and oxygen atoms in total. The van der Waals surface area contributed by atoms with Gasteiger partial charge >= 0.3 is 0 Å². The predicted octanol–water partition coefficient (Wildman–Crippen LogP) is -0.0141. The van der Waals surface area contributed by atoms with Crippen molar-refractivity contribution < 1.29 is 9.59 Å². The van der Waals surface area contributed by atoms with E-state index in [4.69, 9.17) is 11.5 Å². The zero-order chi connectivity index (χ0) is 13.1. The maximum absolute atomic E-state index is 11.7. The molecule has 0 aliphatic heterocycles. The number of carbonyl (C=O) groups is 2. The second-order valence-corrected chi connectivity index (χ2v) is 5.36. The zero-order valence-corrected chi connectivity index (χ0v) is 10.7. The third-order valence-electron chi connectivity index (χ3n) is 2.64. The van der Waals surface area contributed by atoms with E-state index in [1.54, 1.807) is 13.8 Å². The lowest BCUT2D eigenvalue weighted by Crippen LogP contribution is -2.54. The first-order valence-corrected chi connectivity index (χ1v) is 5.42. The third kappa shape index (κ3) is 4.18. The van der Waals surface area contributed by atoms with E-state index in [2.05, 4.69) is 5.32 Å². The van der Waals surface area contributed by atoms with Crippen LogP contribution in [0.25, 0.3) is 0 Å². The first-order chi connectivity index (χ1) is 7.07. The molecule has 16 heavy (non-hydrogen) atoms. The highest BCUT2D eigenvalue weighted by atomic mass is 16.2. The van der Waals surface area contributed by atoms with Gasteiger partial charge in [-0.05, 0) is 12.3 Å². The van der Waals surface area contributed by atoms with Gasteiger partial charge in [-0.15, -0.1) is 0 Å². The molecule has 94 valence electrons. The molecule has 0 fully saturated rings.